The predicted octanol–water partition coefficient (Wildman–Crippen LogP) is 5.55. The fourth-order valence-electron chi connectivity index (χ4n) is 2.59. The summed E-state index contributed by atoms with van der Waals surface area (Å²) in [6.07, 6.45) is 8.21. The molecule has 3 aromatic rings. The number of fused-ring (bicyclic) bond motifs is 1. The topological polar surface area (TPSA) is 47.9 Å². The van der Waals surface area contributed by atoms with E-state index in [9.17, 15) is 0 Å². The number of phenols is 1. The Balaban J connectivity index is 0.000000200. The van der Waals surface area contributed by atoms with E-state index in [0.717, 1.165) is 0 Å². The van der Waals surface area contributed by atoms with Gasteiger partial charge in [0.2, 0.25) is 6.79 Å². The zero-order valence-corrected chi connectivity index (χ0v) is 16.1. The summed E-state index contributed by atoms with van der Waals surface area (Å²) in [5, 5.41) is 8.96. The van der Waals surface area contributed by atoms with Crippen LogP contribution in [0.3, 0.4) is 0 Å². The third-order valence-electron chi connectivity index (χ3n) is 4.00. The molecule has 1 aliphatic rings. The van der Waals surface area contributed by atoms with Crippen molar-refractivity contribution in [2.24, 2.45) is 0 Å². The molecule has 0 saturated heterocycles. The van der Waals surface area contributed by atoms with Gasteiger partial charge < -0.3 is 19.3 Å². The SMILES string of the molecule is C(=C\c1ccccc1)/COC/C=C/c1ccccc1.Oc1ccc2c(c1)OCO2. The van der Waals surface area contributed by atoms with E-state index in [2.05, 4.69) is 36.4 Å². The summed E-state index contributed by atoms with van der Waals surface area (Å²) in [7, 11) is 0. The molecule has 0 unspecified atom stereocenters. The number of rotatable bonds is 6. The Morgan fingerprint density at radius 2 is 1.28 bits per heavy atom. The largest absolute Gasteiger partial charge is 0.508 e. The summed E-state index contributed by atoms with van der Waals surface area (Å²) >= 11 is 0. The van der Waals surface area contributed by atoms with Gasteiger partial charge in [0, 0.05) is 6.07 Å². The van der Waals surface area contributed by atoms with E-state index in [0.29, 0.717) is 24.7 Å². The summed E-state index contributed by atoms with van der Waals surface area (Å²) in [6, 6.07) is 25.2. The molecule has 1 N–H and O–H groups in total. The highest BCUT2D eigenvalue weighted by Gasteiger charge is 2.12. The van der Waals surface area contributed by atoms with Crippen molar-refractivity contribution in [1.82, 2.24) is 0 Å². The molecule has 4 heteroatoms. The fraction of sp³-hybridized carbons (Fsp3) is 0.120. The predicted molar refractivity (Wildman–Crippen MR) is 116 cm³/mol. The van der Waals surface area contributed by atoms with Crippen LogP contribution >= 0.6 is 0 Å². The zero-order valence-electron chi connectivity index (χ0n) is 16.1. The van der Waals surface area contributed by atoms with Crippen LogP contribution in [0.1, 0.15) is 11.1 Å². The second-order valence-corrected chi connectivity index (χ2v) is 6.20. The monoisotopic (exact) mass is 388 g/mol. The molecule has 148 valence electrons. The second-order valence-electron chi connectivity index (χ2n) is 6.20. The first-order valence-electron chi connectivity index (χ1n) is 9.41. The lowest BCUT2D eigenvalue weighted by Gasteiger charge is -1.96. The molecule has 3 aromatic carbocycles. The molecular weight excluding hydrogens is 364 g/mol. The van der Waals surface area contributed by atoms with Crippen molar-refractivity contribution < 1.29 is 19.3 Å². The molecule has 0 aromatic heterocycles. The van der Waals surface area contributed by atoms with E-state index in [4.69, 9.17) is 19.3 Å². The minimum Gasteiger partial charge on any atom is -0.508 e. The maximum Gasteiger partial charge on any atom is 0.231 e. The molecule has 4 rings (SSSR count). The average molecular weight is 388 g/mol. The first-order valence-corrected chi connectivity index (χ1v) is 9.41. The Bertz CT molecular complexity index is 869. The molecule has 1 heterocycles. The van der Waals surface area contributed by atoms with Crippen molar-refractivity contribution in [3.8, 4) is 17.2 Å². The molecule has 0 saturated carbocycles. The zero-order chi connectivity index (χ0) is 20.2. The number of hydrogen-bond acceptors (Lipinski definition) is 4. The smallest absolute Gasteiger partial charge is 0.231 e. The number of aromatic hydroxyl groups is 1. The molecule has 4 nitrogen and oxygen atoms in total. The molecule has 0 amide bonds. The van der Waals surface area contributed by atoms with E-state index in [1.54, 1.807) is 12.1 Å². The van der Waals surface area contributed by atoms with Crippen LogP contribution in [0.4, 0.5) is 0 Å². The highest BCUT2D eigenvalue weighted by Crippen LogP contribution is 2.34. The standard InChI is InChI=1S/C18H18O.C7H6O3/c1-3-9-17(10-4-1)13-7-15-19-16-8-14-18-11-5-2-6-12-18;8-5-1-2-6-7(3-5)10-4-9-6/h1-14H,15-16H2;1-3,8H,4H2/b13-7+,14-8+;. The number of hydrogen-bond donors (Lipinski definition) is 1. The van der Waals surface area contributed by atoms with Crippen molar-refractivity contribution >= 4 is 12.2 Å². The van der Waals surface area contributed by atoms with Crippen LogP contribution in [0.2, 0.25) is 0 Å². The van der Waals surface area contributed by atoms with Gasteiger partial charge in [0.1, 0.15) is 5.75 Å². The first-order chi connectivity index (χ1) is 14.3. The summed E-state index contributed by atoms with van der Waals surface area (Å²) in [4.78, 5) is 0. The maximum absolute atomic E-state index is 8.96. The highest BCUT2D eigenvalue weighted by atomic mass is 16.7. The number of benzene rings is 3. The van der Waals surface area contributed by atoms with Gasteiger partial charge in [-0.25, -0.2) is 0 Å². The lowest BCUT2D eigenvalue weighted by atomic mass is 10.2. The minimum absolute atomic E-state index is 0.198. The lowest BCUT2D eigenvalue weighted by Crippen LogP contribution is -1.92. The van der Waals surface area contributed by atoms with E-state index in [1.165, 1.54) is 17.2 Å². The van der Waals surface area contributed by atoms with Gasteiger partial charge in [-0.2, -0.15) is 0 Å². The molecule has 0 aliphatic carbocycles. The van der Waals surface area contributed by atoms with Crippen LogP contribution < -0.4 is 9.47 Å². The second kappa shape index (κ2) is 11.4. The molecule has 0 fully saturated rings. The summed E-state index contributed by atoms with van der Waals surface area (Å²) < 4.78 is 15.5. The van der Waals surface area contributed by atoms with E-state index < -0.39 is 0 Å². The molecule has 0 bridgehead atoms. The Morgan fingerprint density at radius 3 is 1.86 bits per heavy atom. The maximum atomic E-state index is 8.96. The molecular formula is C25H24O4. The van der Waals surface area contributed by atoms with Gasteiger partial charge in [0.25, 0.3) is 0 Å². The Hall–Kier alpha value is -3.50. The van der Waals surface area contributed by atoms with Gasteiger partial charge in [-0.05, 0) is 23.3 Å². The van der Waals surface area contributed by atoms with E-state index in [-0.39, 0.29) is 12.5 Å². The third kappa shape index (κ3) is 7.20. The summed E-state index contributed by atoms with van der Waals surface area (Å²) in [5.41, 5.74) is 2.40. The van der Waals surface area contributed by atoms with Gasteiger partial charge in [0.15, 0.2) is 11.5 Å². The average Bonchev–Trinajstić information content (AvgIpc) is 3.23. The molecule has 1 aliphatic heterocycles. The Kier molecular flexibility index (Phi) is 7.93. The Labute approximate surface area is 171 Å². The highest BCUT2D eigenvalue weighted by molar-refractivity contribution is 5.49. The van der Waals surface area contributed by atoms with E-state index >= 15 is 0 Å². The van der Waals surface area contributed by atoms with Crippen LogP contribution in [0.5, 0.6) is 17.2 Å². The van der Waals surface area contributed by atoms with Crippen LogP contribution in [-0.4, -0.2) is 25.1 Å². The fourth-order valence-corrected chi connectivity index (χ4v) is 2.59. The van der Waals surface area contributed by atoms with Crippen molar-refractivity contribution in [3.63, 3.8) is 0 Å². The molecule has 0 radical (unpaired) electrons. The van der Waals surface area contributed by atoms with Crippen LogP contribution in [0, 0.1) is 0 Å². The summed E-state index contributed by atoms with van der Waals surface area (Å²) in [5.74, 6) is 1.50. The molecule has 29 heavy (non-hydrogen) atoms. The van der Waals surface area contributed by atoms with Gasteiger partial charge >= 0.3 is 0 Å². The Morgan fingerprint density at radius 1 is 0.724 bits per heavy atom. The van der Waals surface area contributed by atoms with Gasteiger partial charge in [-0.1, -0.05) is 85.0 Å². The van der Waals surface area contributed by atoms with Crippen LogP contribution in [-0.2, 0) is 4.74 Å². The minimum atomic E-state index is 0.198. The van der Waals surface area contributed by atoms with Gasteiger partial charge in [-0.15, -0.1) is 0 Å². The molecule has 0 atom stereocenters. The first kappa shape index (κ1) is 20.2. The number of ether oxygens (including phenoxy) is 3. The van der Waals surface area contributed by atoms with Gasteiger partial charge in [-0.3, -0.25) is 0 Å². The lowest BCUT2D eigenvalue weighted by molar-refractivity contribution is 0.174. The quantitative estimate of drug-likeness (QED) is 0.563. The van der Waals surface area contributed by atoms with E-state index in [1.807, 2.05) is 48.6 Å². The number of phenolic OH excluding ortho intramolecular Hbond substituents is 1. The third-order valence-corrected chi connectivity index (χ3v) is 4.00. The normalized spacial score (nSPS) is 12.1. The van der Waals surface area contributed by atoms with Crippen molar-refractivity contribution in [1.29, 1.82) is 0 Å². The van der Waals surface area contributed by atoms with Crippen LogP contribution in [0.15, 0.2) is 91.0 Å². The van der Waals surface area contributed by atoms with Crippen molar-refractivity contribution in [3.05, 3.63) is 102 Å². The summed E-state index contributed by atoms with van der Waals surface area (Å²) in [6.45, 7) is 1.51. The molecule has 0 spiro atoms. The van der Waals surface area contributed by atoms with Crippen molar-refractivity contribution in [2.45, 2.75) is 0 Å². The van der Waals surface area contributed by atoms with Crippen molar-refractivity contribution in [2.75, 3.05) is 20.0 Å². The van der Waals surface area contributed by atoms with Gasteiger partial charge in [0.05, 0.1) is 13.2 Å². The van der Waals surface area contributed by atoms with Crippen LogP contribution in [0.25, 0.3) is 12.2 Å².